The Balaban J connectivity index is 2.60. The molecule has 3 aromatic rings. The minimum Gasteiger partial charge on any atom is -0.508 e. The zero-order chi connectivity index (χ0) is 21.6. The smallest absolute Gasteiger partial charge is 0.283 e. The van der Waals surface area contributed by atoms with Crippen LogP contribution in [0.2, 0.25) is 20.1 Å². The summed E-state index contributed by atoms with van der Waals surface area (Å²) in [5, 5.41) is 19.4. The number of halogens is 4. The van der Waals surface area contributed by atoms with Gasteiger partial charge < -0.3 is 10.2 Å². The van der Waals surface area contributed by atoms with Gasteiger partial charge in [0.2, 0.25) is 0 Å². The van der Waals surface area contributed by atoms with Crippen LogP contribution < -0.4 is 0 Å². The first kappa shape index (κ1) is 22.0. The lowest BCUT2D eigenvalue weighted by Gasteiger charge is -2.33. The van der Waals surface area contributed by atoms with Gasteiger partial charge in [-0.15, -0.1) is 0 Å². The molecule has 0 saturated carbocycles. The van der Waals surface area contributed by atoms with Crippen LogP contribution >= 0.6 is 46.4 Å². The van der Waals surface area contributed by atoms with Crippen LogP contribution in [-0.4, -0.2) is 23.2 Å². The summed E-state index contributed by atoms with van der Waals surface area (Å²) >= 11 is 24.6. The number of rotatable bonds is 4. The second-order valence-corrected chi connectivity index (χ2v) is 9.31. The summed E-state index contributed by atoms with van der Waals surface area (Å²) < 4.78 is 34.0. The summed E-state index contributed by atoms with van der Waals surface area (Å²) in [6, 6.07) is 11.4. The van der Waals surface area contributed by atoms with Gasteiger partial charge in [0, 0.05) is 10.6 Å². The number of hydrogen-bond donors (Lipinski definition) is 3. The lowest BCUT2D eigenvalue weighted by Crippen LogP contribution is -2.38. The maximum absolute atomic E-state index is 13.0. The molecule has 0 aliphatic rings. The van der Waals surface area contributed by atoms with Gasteiger partial charge >= 0.3 is 0 Å². The average molecular weight is 494 g/mol. The molecule has 0 heterocycles. The van der Waals surface area contributed by atoms with E-state index in [1.807, 2.05) is 0 Å². The molecular formula is C19H12Cl4O5S. The molecule has 3 rings (SSSR count). The fraction of sp³-hybridized carbons (Fsp3) is 0.0526. The van der Waals surface area contributed by atoms with Crippen molar-refractivity contribution in [3.05, 3.63) is 91.4 Å². The molecule has 10 heteroatoms. The molecule has 0 aliphatic carbocycles. The summed E-state index contributed by atoms with van der Waals surface area (Å²) in [5.74, 6) is -0.560. The molecule has 0 fully saturated rings. The van der Waals surface area contributed by atoms with Gasteiger partial charge in [0.25, 0.3) is 10.1 Å². The van der Waals surface area contributed by atoms with Gasteiger partial charge in [0.15, 0.2) is 4.75 Å². The highest BCUT2D eigenvalue weighted by Gasteiger charge is 2.50. The first-order valence-electron chi connectivity index (χ1n) is 7.89. The first-order valence-corrected chi connectivity index (χ1v) is 10.8. The molecule has 0 bridgehead atoms. The molecule has 152 valence electrons. The van der Waals surface area contributed by atoms with Gasteiger partial charge in [-0.25, -0.2) is 0 Å². The van der Waals surface area contributed by atoms with Crippen molar-refractivity contribution in [1.29, 1.82) is 0 Å². The fourth-order valence-corrected chi connectivity index (χ4v) is 5.45. The molecule has 1 unspecified atom stereocenters. The van der Waals surface area contributed by atoms with Crippen molar-refractivity contribution in [2.24, 2.45) is 0 Å². The van der Waals surface area contributed by atoms with Gasteiger partial charge in [-0.05, 0) is 47.5 Å². The zero-order valence-corrected chi connectivity index (χ0v) is 18.1. The monoisotopic (exact) mass is 492 g/mol. The van der Waals surface area contributed by atoms with Crippen LogP contribution in [0.15, 0.2) is 54.6 Å². The highest BCUT2D eigenvalue weighted by Crippen LogP contribution is 2.50. The Morgan fingerprint density at radius 1 is 0.793 bits per heavy atom. The summed E-state index contributed by atoms with van der Waals surface area (Å²) in [6.45, 7) is 0. The standard InChI is InChI=1S/C19H12Cl4O5S/c20-12-8-14(18(23)16(22)9-12)19(29(26,27)28,10-2-1-3-13(24)6-10)11-4-5-17(25)15(21)7-11/h1-9,24-25H,(H,26,27,28). The van der Waals surface area contributed by atoms with Gasteiger partial charge in [-0.1, -0.05) is 64.6 Å². The van der Waals surface area contributed by atoms with Crippen LogP contribution in [0.3, 0.4) is 0 Å². The molecule has 1 atom stereocenters. The van der Waals surface area contributed by atoms with E-state index in [9.17, 15) is 23.2 Å². The Morgan fingerprint density at radius 2 is 1.45 bits per heavy atom. The molecule has 0 saturated heterocycles. The zero-order valence-electron chi connectivity index (χ0n) is 14.3. The van der Waals surface area contributed by atoms with E-state index < -0.39 is 14.9 Å². The molecule has 5 nitrogen and oxygen atoms in total. The minimum atomic E-state index is -5.04. The third-order valence-electron chi connectivity index (χ3n) is 4.37. The highest BCUT2D eigenvalue weighted by atomic mass is 35.5. The molecule has 0 amide bonds. The number of aromatic hydroxyl groups is 2. The normalized spacial score (nSPS) is 13.8. The lowest BCUT2D eigenvalue weighted by molar-refractivity contribution is 0.455. The fourth-order valence-electron chi connectivity index (χ4n) is 3.18. The third-order valence-corrected chi connectivity index (χ3v) is 7.15. The maximum Gasteiger partial charge on any atom is 0.283 e. The Kier molecular flexibility index (Phi) is 5.98. The molecule has 0 radical (unpaired) electrons. The Morgan fingerprint density at radius 3 is 2.03 bits per heavy atom. The molecular weight excluding hydrogens is 482 g/mol. The molecule has 3 N–H and O–H groups in total. The molecule has 0 aliphatic heterocycles. The van der Waals surface area contributed by atoms with Gasteiger partial charge in [0.05, 0.1) is 15.1 Å². The highest BCUT2D eigenvalue weighted by molar-refractivity contribution is 7.87. The van der Waals surface area contributed by atoms with Crippen molar-refractivity contribution in [3.63, 3.8) is 0 Å². The van der Waals surface area contributed by atoms with Crippen molar-refractivity contribution < 1.29 is 23.2 Å². The Labute approximate surface area is 186 Å². The summed E-state index contributed by atoms with van der Waals surface area (Å²) in [7, 11) is -5.04. The topological polar surface area (TPSA) is 94.8 Å². The molecule has 0 spiro atoms. The Hall–Kier alpha value is -1.67. The van der Waals surface area contributed by atoms with Crippen molar-refractivity contribution in [1.82, 2.24) is 0 Å². The van der Waals surface area contributed by atoms with Crippen LogP contribution in [-0.2, 0) is 14.9 Å². The van der Waals surface area contributed by atoms with E-state index in [0.29, 0.717) is 0 Å². The molecule has 0 aromatic heterocycles. The predicted molar refractivity (Wildman–Crippen MR) is 114 cm³/mol. The van der Waals surface area contributed by atoms with Crippen molar-refractivity contribution >= 4 is 56.5 Å². The SMILES string of the molecule is O=S(=O)(O)C(c1cccc(O)c1)(c1ccc(O)c(Cl)c1)c1cc(Cl)cc(Cl)c1Cl. The van der Waals surface area contributed by atoms with E-state index in [-0.39, 0.29) is 48.3 Å². The van der Waals surface area contributed by atoms with Crippen LogP contribution in [0.25, 0.3) is 0 Å². The average Bonchev–Trinajstić information content (AvgIpc) is 2.61. The van der Waals surface area contributed by atoms with Gasteiger partial charge in [-0.3, -0.25) is 4.55 Å². The van der Waals surface area contributed by atoms with Gasteiger partial charge in [0.1, 0.15) is 11.5 Å². The summed E-state index contributed by atoms with van der Waals surface area (Å²) in [6.07, 6.45) is 0. The first-order chi connectivity index (χ1) is 13.5. The maximum atomic E-state index is 13.0. The Bertz CT molecular complexity index is 1210. The number of phenolic OH excluding ortho intramolecular Hbond substituents is 2. The quantitative estimate of drug-likeness (QED) is 0.239. The molecule has 29 heavy (non-hydrogen) atoms. The molecule has 3 aromatic carbocycles. The number of benzene rings is 3. The number of phenols is 2. The second-order valence-electron chi connectivity index (χ2n) is 6.12. The largest absolute Gasteiger partial charge is 0.508 e. The van der Waals surface area contributed by atoms with Gasteiger partial charge in [-0.2, -0.15) is 8.42 Å². The van der Waals surface area contributed by atoms with Crippen LogP contribution in [0, 0.1) is 0 Å². The number of hydrogen-bond acceptors (Lipinski definition) is 4. The van der Waals surface area contributed by atoms with Crippen molar-refractivity contribution in [2.75, 3.05) is 0 Å². The van der Waals surface area contributed by atoms with E-state index in [2.05, 4.69) is 0 Å². The van der Waals surface area contributed by atoms with Crippen LogP contribution in [0.1, 0.15) is 16.7 Å². The van der Waals surface area contributed by atoms with Crippen LogP contribution in [0.4, 0.5) is 0 Å². The van der Waals surface area contributed by atoms with E-state index in [1.54, 1.807) is 0 Å². The lowest BCUT2D eigenvalue weighted by atomic mass is 9.83. The van der Waals surface area contributed by atoms with Crippen molar-refractivity contribution in [2.45, 2.75) is 4.75 Å². The van der Waals surface area contributed by atoms with Crippen LogP contribution in [0.5, 0.6) is 11.5 Å². The predicted octanol–water partition coefficient (Wildman–Crippen LogP) is 5.89. The summed E-state index contributed by atoms with van der Waals surface area (Å²) in [5.41, 5.74) is -0.276. The van der Waals surface area contributed by atoms with E-state index in [1.165, 1.54) is 48.5 Å². The van der Waals surface area contributed by atoms with E-state index >= 15 is 0 Å². The second kappa shape index (κ2) is 7.87. The van der Waals surface area contributed by atoms with Crippen molar-refractivity contribution in [3.8, 4) is 11.5 Å². The summed E-state index contributed by atoms with van der Waals surface area (Å²) in [4.78, 5) is 0. The minimum absolute atomic E-state index is 0.0489. The van der Waals surface area contributed by atoms with E-state index in [0.717, 1.165) is 6.07 Å². The third kappa shape index (κ3) is 3.77. The van der Waals surface area contributed by atoms with E-state index in [4.69, 9.17) is 46.4 Å².